The normalized spacial score (nSPS) is 23.1. The van der Waals surface area contributed by atoms with E-state index in [1.807, 2.05) is 0 Å². The molecule has 0 spiro atoms. The first-order chi connectivity index (χ1) is 6.02. The van der Waals surface area contributed by atoms with Crippen molar-refractivity contribution < 1.29 is 4.74 Å². The Morgan fingerprint density at radius 2 is 1.85 bits per heavy atom. The molecule has 2 N–H and O–H groups in total. The van der Waals surface area contributed by atoms with Crippen molar-refractivity contribution in [1.29, 1.82) is 0 Å². The minimum Gasteiger partial charge on any atom is -0.381 e. The number of ether oxygens (including phenoxy) is 1. The van der Waals surface area contributed by atoms with E-state index < -0.39 is 0 Å². The van der Waals surface area contributed by atoms with Crippen LogP contribution in [0.2, 0.25) is 0 Å². The average molecular weight is 185 g/mol. The zero-order valence-electron chi connectivity index (χ0n) is 9.23. The number of rotatable bonds is 3. The van der Waals surface area contributed by atoms with Gasteiger partial charge in [-0.1, -0.05) is 20.8 Å². The molecule has 0 saturated carbocycles. The van der Waals surface area contributed by atoms with E-state index in [9.17, 15) is 0 Å². The topological polar surface area (TPSA) is 35.2 Å². The maximum atomic E-state index is 5.65. The highest BCUT2D eigenvalue weighted by Gasteiger charge is 2.41. The third-order valence-electron chi connectivity index (χ3n) is 4.00. The van der Waals surface area contributed by atoms with Crippen molar-refractivity contribution >= 4 is 0 Å². The van der Waals surface area contributed by atoms with E-state index in [0.29, 0.717) is 10.8 Å². The third kappa shape index (κ3) is 2.23. The molecular formula is C11H23NO. The van der Waals surface area contributed by atoms with E-state index in [0.717, 1.165) is 26.2 Å². The Bertz CT molecular complexity index is 159. The summed E-state index contributed by atoms with van der Waals surface area (Å²) in [4.78, 5) is 0. The van der Waals surface area contributed by atoms with Gasteiger partial charge in [-0.15, -0.1) is 0 Å². The predicted molar refractivity (Wildman–Crippen MR) is 55.6 cm³/mol. The van der Waals surface area contributed by atoms with Gasteiger partial charge in [0.25, 0.3) is 0 Å². The van der Waals surface area contributed by atoms with Crippen molar-refractivity contribution in [2.24, 2.45) is 16.6 Å². The fourth-order valence-electron chi connectivity index (χ4n) is 2.16. The summed E-state index contributed by atoms with van der Waals surface area (Å²) in [6.07, 6.45) is 3.48. The summed E-state index contributed by atoms with van der Waals surface area (Å²) in [6, 6.07) is 0. The molecule has 1 fully saturated rings. The highest BCUT2D eigenvalue weighted by molar-refractivity contribution is 4.90. The SMILES string of the molecule is CC(C)(CCN)C1(C)CCOCC1. The van der Waals surface area contributed by atoms with Crippen LogP contribution >= 0.6 is 0 Å². The Balaban J connectivity index is 2.64. The monoisotopic (exact) mass is 185 g/mol. The third-order valence-corrected chi connectivity index (χ3v) is 4.00. The minimum atomic E-state index is 0.353. The lowest BCUT2D eigenvalue weighted by Crippen LogP contribution is -2.41. The van der Waals surface area contributed by atoms with Gasteiger partial charge in [0, 0.05) is 13.2 Å². The average Bonchev–Trinajstić information content (AvgIpc) is 2.05. The number of hydrogen-bond donors (Lipinski definition) is 1. The second-order valence-electron chi connectivity index (χ2n) is 5.10. The van der Waals surface area contributed by atoms with Crippen molar-refractivity contribution in [3.63, 3.8) is 0 Å². The quantitative estimate of drug-likeness (QED) is 0.731. The summed E-state index contributed by atoms with van der Waals surface area (Å²) in [7, 11) is 0. The van der Waals surface area contributed by atoms with Crippen molar-refractivity contribution in [2.75, 3.05) is 19.8 Å². The van der Waals surface area contributed by atoms with Gasteiger partial charge >= 0.3 is 0 Å². The molecule has 0 radical (unpaired) electrons. The van der Waals surface area contributed by atoms with Crippen LogP contribution in [-0.2, 0) is 4.74 Å². The summed E-state index contributed by atoms with van der Waals surface area (Å²) in [5, 5.41) is 0. The largest absolute Gasteiger partial charge is 0.381 e. The van der Waals surface area contributed by atoms with Gasteiger partial charge in [-0.2, -0.15) is 0 Å². The lowest BCUT2D eigenvalue weighted by Gasteiger charge is -2.47. The molecule has 0 atom stereocenters. The molecule has 2 heteroatoms. The molecule has 1 aliphatic rings. The highest BCUT2D eigenvalue weighted by atomic mass is 16.5. The zero-order chi connectivity index (χ0) is 9.95. The standard InChI is InChI=1S/C11H23NO/c1-10(2,4-7-12)11(3)5-8-13-9-6-11/h4-9,12H2,1-3H3. The summed E-state index contributed by atoms with van der Waals surface area (Å²) in [6.45, 7) is 9.69. The fraction of sp³-hybridized carbons (Fsp3) is 1.00. The molecule has 0 aromatic carbocycles. The van der Waals surface area contributed by atoms with Crippen molar-refractivity contribution in [3.05, 3.63) is 0 Å². The van der Waals surface area contributed by atoms with Crippen molar-refractivity contribution in [1.82, 2.24) is 0 Å². The second kappa shape index (κ2) is 3.97. The van der Waals surface area contributed by atoms with Gasteiger partial charge < -0.3 is 10.5 Å². The number of nitrogens with two attached hydrogens (primary N) is 1. The first-order valence-corrected chi connectivity index (χ1v) is 5.30. The Kier molecular flexibility index (Phi) is 3.36. The van der Waals surface area contributed by atoms with Crippen LogP contribution in [0.25, 0.3) is 0 Å². The van der Waals surface area contributed by atoms with Gasteiger partial charge in [-0.05, 0) is 36.6 Å². The van der Waals surface area contributed by atoms with Crippen LogP contribution in [0.15, 0.2) is 0 Å². The highest BCUT2D eigenvalue weighted by Crippen LogP contribution is 2.47. The molecule has 13 heavy (non-hydrogen) atoms. The van der Waals surface area contributed by atoms with E-state index in [1.165, 1.54) is 12.8 Å². The molecule has 0 aliphatic carbocycles. The molecule has 0 unspecified atom stereocenters. The summed E-state index contributed by atoms with van der Waals surface area (Å²) < 4.78 is 5.41. The predicted octanol–water partition coefficient (Wildman–Crippen LogP) is 2.18. The van der Waals surface area contributed by atoms with Crippen LogP contribution in [0.5, 0.6) is 0 Å². The maximum absolute atomic E-state index is 5.65. The van der Waals surface area contributed by atoms with Crippen LogP contribution in [0.1, 0.15) is 40.0 Å². The molecule has 1 rings (SSSR count). The minimum absolute atomic E-state index is 0.353. The number of hydrogen-bond acceptors (Lipinski definition) is 2. The van der Waals surface area contributed by atoms with Crippen LogP contribution in [-0.4, -0.2) is 19.8 Å². The first kappa shape index (κ1) is 11.0. The fourth-order valence-corrected chi connectivity index (χ4v) is 2.16. The van der Waals surface area contributed by atoms with Crippen LogP contribution < -0.4 is 5.73 Å². The Labute approximate surface area is 81.8 Å². The Hall–Kier alpha value is -0.0800. The van der Waals surface area contributed by atoms with Gasteiger partial charge in [-0.3, -0.25) is 0 Å². The lowest BCUT2D eigenvalue weighted by molar-refractivity contribution is -0.0442. The molecule has 0 bridgehead atoms. The zero-order valence-corrected chi connectivity index (χ0v) is 9.23. The molecule has 1 heterocycles. The van der Waals surface area contributed by atoms with Gasteiger partial charge in [0.2, 0.25) is 0 Å². The molecule has 0 aromatic rings. The summed E-state index contributed by atoms with van der Waals surface area (Å²) >= 11 is 0. The van der Waals surface area contributed by atoms with Crippen molar-refractivity contribution in [2.45, 2.75) is 40.0 Å². The van der Waals surface area contributed by atoms with E-state index in [1.54, 1.807) is 0 Å². The summed E-state index contributed by atoms with van der Waals surface area (Å²) in [5.41, 5.74) is 6.42. The smallest absolute Gasteiger partial charge is 0.0471 e. The van der Waals surface area contributed by atoms with Crippen LogP contribution in [0.4, 0.5) is 0 Å². The summed E-state index contributed by atoms with van der Waals surface area (Å²) in [5.74, 6) is 0. The molecule has 1 saturated heterocycles. The van der Waals surface area contributed by atoms with Crippen LogP contribution in [0, 0.1) is 10.8 Å². The molecule has 0 aromatic heterocycles. The second-order valence-corrected chi connectivity index (χ2v) is 5.10. The van der Waals surface area contributed by atoms with E-state index >= 15 is 0 Å². The van der Waals surface area contributed by atoms with Crippen LogP contribution in [0.3, 0.4) is 0 Å². The maximum Gasteiger partial charge on any atom is 0.0471 e. The lowest BCUT2D eigenvalue weighted by atomic mass is 9.61. The van der Waals surface area contributed by atoms with Gasteiger partial charge in [0.1, 0.15) is 0 Å². The van der Waals surface area contributed by atoms with Gasteiger partial charge in [-0.25, -0.2) is 0 Å². The van der Waals surface area contributed by atoms with E-state index in [-0.39, 0.29) is 0 Å². The molecule has 78 valence electrons. The van der Waals surface area contributed by atoms with Gasteiger partial charge in [0.05, 0.1) is 0 Å². The first-order valence-electron chi connectivity index (χ1n) is 5.30. The molecule has 0 amide bonds. The van der Waals surface area contributed by atoms with E-state index in [4.69, 9.17) is 10.5 Å². The molecular weight excluding hydrogens is 162 g/mol. The Morgan fingerprint density at radius 3 is 2.31 bits per heavy atom. The van der Waals surface area contributed by atoms with E-state index in [2.05, 4.69) is 20.8 Å². The molecule has 1 aliphatic heterocycles. The molecule has 2 nitrogen and oxygen atoms in total. The van der Waals surface area contributed by atoms with Gasteiger partial charge in [0.15, 0.2) is 0 Å². The van der Waals surface area contributed by atoms with Crippen molar-refractivity contribution in [3.8, 4) is 0 Å². The Morgan fingerprint density at radius 1 is 1.31 bits per heavy atom.